The van der Waals surface area contributed by atoms with Crippen LogP contribution >= 0.6 is 0 Å². The normalized spacial score (nSPS) is 20.0. The highest BCUT2D eigenvalue weighted by Gasteiger charge is 2.29. The minimum atomic E-state index is -0.771. The van der Waals surface area contributed by atoms with Crippen molar-refractivity contribution in [1.82, 2.24) is 10.2 Å². The molecule has 5 heteroatoms. The SMILES string of the molecule is CC(C)C(NC(=O)CN1CCC(C(=O)O)C1)c1ccccc1. The molecule has 22 heavy (non-hydrogen) atoms. The van der Waals surface area contributed by atoms with E-state index >= 15 is 0 Å². The zero-order valence-electron chi connectivity index (χ0n) is 13.2. The largest absolute Gasteiger partial charge is 0.481 e. The summed E-state index contributed by atoms with van der Waals surface area (Å²) in [5.74, 6) is -0.875. The molecule has 1 aromatic carbocycles. The van der Waals surface area contributed by atoms with Gasteiger partial charge in [0, 0.05) is 6.54 Å². The Hall–Kier alpha value is -1.88. The van der Waals surface area contributed by atoms with Crippen LogP contribution in [0.4, 0.5) is 0 Å². The van der Waals surface area contributed by atoms with Gasteiger partial charge in [0.05, 0.1) is 18.5 Å². The summed E-state index contributed by atoms with van der Waals surface area (Å²) in [7, 11) is 0. The van der Waals surface area contributed by atoms with Crippen molar-refractivity contribution in [1.29, 1.82) is 0 Å². The molecule has 0 spiro atoms. The monoisotopic (exact) mass is 304 g/mol. The van der Waals surface area contributed by atoms with Crippen molar-refractivity contribution in [2.45, 2.75) is 26.3 Å². The van der Waals surface area contributed by atoms with Gasteiger partial charge in [-0.1, -0.05) is 44.2 Å². The van der Waals surface area contributed by atoms with Gasteiger partial charge in [0.15, 0.2) is 0 Å². The number of nitrogens with one attached hydrogen (secondary N) is 1. The molecule has 2 rings (SSSR count). The summed E-state index contributed by atoms with van der Waals surface area (Å²) in [5.41, 5.74) is 1.09. The van der Waals surface area contributed by atoms with E-state index in [1.165, 1.54) is 0 Å². The molecule has 0 radical (unpaired) electrons. The lowest BCUT2D eigenvalue weighted by Crippen LogP contribution is -2.39. The first kappa shape index (κ1) is 16.5. The fourth-order valence-corrected chi connectivity index (χ4v) is 2.90. The van der Waals surface area contributed by atoms with Crippen LogP contribution in [0.25, 0.3) is 0 Å². The number of likely N-dealkylation sites (tertiary alicyclic amines) is 1. The van der Waals surface area contributed by atoms with E-state index in [-0.39, 0.29) is 30.3 Å². The van der Waals surface area contributed by atoms with Gasteiger partial charge in [0.2, 0.25) is 5.91 Å². The first-order chi connectivity index (χ1) is 10.5. The number of benzene rings is 1. The number of aliphatic carboxylic acids is 1. The molecule has 1 aliphatic rings. The maximum absolute atomic E-state index is 12.3. The molecule has 0 aromatic heterocycles. The second kappa shape index (κ2) is 7.40. The third-order valence-electron chi connectivity index (χ3n) is 4.13. The molecule has 1 aromatic rings. The van der Waals surface area contributed by atoms with Crippen molar-refractivity contribution >= 4 is 11.9 Å². The fraction of sp³-hybridized carbons (Fsp3) is 0.529. The van der Waals surface area contributed by atoms with Crippen molar-refractivity contribution in [3.05, 3.63) is 35.9 Å². The van der Waals surface area contributed by atoms with E-state index in [1.807, 2.05) is 35.2 Å². The minimum Gasteiger partial charge on any atom is -0.481 e. The van der Waals surface area contributed by atoms with Crippen molar-refractivity contribution in [3.63, 3.8) is 0 Å². The molecule has 1 amide bonds. The summed E-state index contributed by atoms with van der Waals surface area (Å²) in [4.78, 5) is 25.1. The predicted molar refractivity (Wildman–Crippen MR) is 84.3 cm³/mol. The van der Waals surface area contributed by atoms with Gasteiger partial charge in [-0.15, -0.1) is 0 Å². The standard InChI is InChI=1S/C17H24N2O3/c1-12(2)16(13-6-4-3-5-7-13)18-15(20)11-19-9-8-14(10-19)17(21)22/h3-7,12,14,16H,8-11H2,1-2H3,(H,18,20)(H,21,22). The third kappa shape index (κ3) is 4.31. The summed E-state index contributed by atoms with van der Waals surface area (Å²) in [6.45, 7) is 5.55. The van der Waals surface area contributed by atoms with E-state index in [2.05, 4.69) is 19.2 Å². The Balaban J connectivity index is 1.91. The molecule has 2 atom stereocenters. The molecule has 1 saturated heterocycles. The third-order valence-corrected chi connectivity index (χ3v) is 4.13. The van der Waals surface area contributed by atoms with Gasteiger partial charge in [-0.05, 0) is 24.4 Å². The van der Waals surface area contributed by atoms with Crippen molar-refractivity contribution in [3.8, 4) is 0 Å². The molecular weight excluding hydrogens is 280 g/mol. The van der Waals surface area contributed by atoms with Crippen LogP contribution in [0, 0.1) is 11.8 Å². The Bertz CT molecular complexity index is 516. The molecule has 1 aliphatic heterocycles. The Morgan fingerprint density at radius 3 is 2.55 bits per heavy atom. The second-order valence-electron chi connectivity index (χ2n) is 6.26. The van der Waals surface area contributed by atoms with Crippen LogP contribution in [0.1, 0.15) is 31.9 Å². The van der Waals surface area contributed by atoms with Gasteiger partial charge in [-0.2, -0.15) is 0 Å². The van der Waals surface area contributed by atoms with E-state index in [0.717, 1.165) is 5.56 Å². The molecule has 0 saturated carbocycles. The maximum Gasteiger partial charge on any atom is 0.307 e. The lowest BCUT2D eigenvalue weighted by atomic mass is 9.96. The maximum atomic E-state index is 12.3. The number of carboxylic acid groups (broad SMARTS) is 1. The van der Waals surface area contributed by atoms with Crippen molar-refractivity contribution < 1.29 is 14.7 Å². The van der Waals surface area contributed by atoms with E-state index in [0.29, 0.717) is 19.5 Å². The highest BCUT2D eigenvalue weighted by Crippen LogP contribution is 2.21. The number of rotatable bonds is 6. The van der Waals surface area contributed by atoms with Gasteiger partial charge >= 0.3 is 5.97 Å². The van der Waals surface area contributed by atoms with Crippen LogP contribution < -0.4 is 5.32 Å². The molecule has 2 N–H and O–H groups in total. The van der Waals surface area contributed by atoms with Gasteiger partial charge in [-0.25, -0.2) is 0 Å². The fourth-order valence-electron chi connectivity index (χ4n) is 2.90. The molecule has 2 unspecified atom stereocenters. The van der Waals surface area contributed by atoms with E-state index < -0.39 is 5.97 Å². The average molecular weight is 304 g/mol. The van der Waals surface area contributed by atoms with Crippen LogP contribution in [0.5, 0.6) is 0 Å². The van der Waals surface area contributed by atoms with Crippen LogP contribution in [0.3, 0.4) is 0 Å². The highest BCUT2D eigenvalue weighted by molar-refractivity contribution is 5.79. The summed E-state index contributed by atoms with van der Waals surface area (Å²) < 4.78 is 0. The zero-order chi connectivity index (χ0) is 16.1. The van der Waals surface area contributed by atoms with E-state index in [1.54, 1.807) is 0 Å². The molecule has 1 fully saturated rings. The number of carbonyl (C=O) groups excluding carboxylic acids is 1. The summed E-state index contributed by atoms with van der Waals surface area (Å²) in [6, 6.07) is 9.90. The Kier molecular flexibility index (Phi) is 5.55. The summed E-state index contributed by atoms with van der Waals surface area (Å²) >= 11 is 0. The van der Waals surface area contributed by atoms with Gasteiger partial charge in [0.25, 0.3) is 0 Å². The second-order valence-corrected chi connectivity index (χ2v) is 6.26. The number of carbonyl (C=O) groups is 2. The number of hydrogen-bond donors (Lipinski definition) is 2. The smallest absolute Gasteiger partial charge is 0.307 e. The van der Waals surface area contributed by atoms with E-state index in [4.69, 9.17) is 5.11 Å². The molecule has 1 heterocycles. The first-order valence-corrected chi connectivity index (χ1v) is 7.77. The van der Waals surface area contributed by atoms with Crippen molar-refractivity contribution in [2.75, 3.05) is 19.6 Å². The number of hydrogen-bond acceptors (Lipinski definition) is 3. The lowest BCUT2D eigenvalue weighted by molar-refractivity contribution is -0.141. The van der Waals surface area contributed by atoms with Crippen LogP contribution in [-0.4, -0.2) is 41.5 Å². The van der Waals surface area contributed by atoms with Crippen LogP contribution in [-0.2, 0) is 9.59 Å². The minimum absolute atomic E-state index is 0.0217. The quantitative estimate of drug-likeness (QED) is 0.842. The first-order valence-electron chi connectivity index (χ1n) is 7.77. The highest BCUT2D eigenvalue weighted by atomic mass is 16.4. The lowest BCUT2D eigenvalue weighted by Gasteiger charge is -2.24. The topological polar surface area (TPSA) is 69.6 Å². The van der Waals surface area contributed by atoms with Crippen LogP contribution in [0.2, 0.25) is 0 Å². The Labute approximate surface area is 131 Å². The number of carboxylic acids is 1. The molecule has 120 valence electrons. The number of nitrogens with zero attached hydrogens (tertiary/aromatic N) is 1. The molecule has 0 bridgehead atoms. The van der Waals surface area contributed by atoms with Gasteiger partial charge in [-0.3, -0.25) is 14.5 Å². The number of amides is 1. The van der Waals surface area contributed by atoms with Gasteiger partial charge < -0.3 is 10.4 Å². The molecular formula is C17H24N2O3. The van der Waals surface area contributed by atoms with Crippen molar-refractivity contribution in [2.24, 2.45) is 11.8 Å². The van der Waals surface area contributed by atoms with Crippen LogP contribution in [0.15, 0.2) is 30.3 Å². The Morgan fingerprint density at radius 1 is 1.32 bits per heavy atom. The van der Waals surface area contributed by atoms with Gasteiger partial charge in [0.1, 0.15) is 0 Å². The summed E-state index contributed by atoms with van der Waals surface area (Å²) in [5, 5.41) is 12.1. The summed E-state index contributed by atoms with van der Waals surface area (Å²) in [6.07, 6.45) is 0.620. The average Bonchev–Trinajstić information content (AvgIpc) is 2.94. The Morgan fingerprint density at radius 2 is 2.00 bits per heavy atom. The van der Waals surface area contributed by atoms with E-state index in [9.17, 15) is 9.59 Å². The molecule has 5 nitrogen and oxygen atoms in total. The predicted octanol–water partition coefficient (Wildman–Crippen LogP) is 1.91. The molecule has 0 aliphatic carbocycles. The zero-order valence-corrected chi connectivity index (χ0v) is 13.2.